The van der Waals surface area contributed by atoms with Crippen LogP contribution in [0.5, 0.6) is 0 Å². The van der Waals surface area contributed by atoms with Gasteiger partial charge in [-0.2, -0.15) is 0 Å². The molecule has 1 unspecified atom stereocenters. The minimum atomic E-state index is -0.204. The van der Waals surface area contributed by atoms with Crippen molar-refractivity contribution in [3.05, 3.63) is 0 Å². The Balaban J connectivity index is 0.000000671. The molecule has 0 radical (unpaired) electrons. The number of nitrogens with two attached hydrogens (primary N) is 1. The molecule has 1 rings (SSSR count). The fraction of sp³-hybridized carbons (Fsp3) is 1.00. The summed E-state index contributed by atoms with van der Waals surface area (Å²) in [5.74, 6) is 0. The smallest absolute Gasteiger partial charge is 0.0639 e. The maximum absolute atomic E-state index is 9.10. The van der Waals surface area contributed by atoms with Crippen LogP contribution in [0.1, 0.15) is 33.6 Å². The number of hydrogen-bond donors (Lipinski definition) is 2. The molecule has 0 aromatic heterocycles. The van der Waals surface area contributed by atoms with Crippen molar-refractivity contribution >= 4 is 0 Å². The lowest BCUT2D eigenvalue weighted by Crippen LogP contribution is -2.42. The van der Waals surface area contributed by atoms with Crippen LogP contribution >= 0.6 is 0 Å². The van der Waals surface area contributed by atoms with Crippen LogP contribution in [0.2, 0.25) is 0 Å². The van der Waals surface area contributed by atoms with Crippen molar-refractivity contribution in [3.8, 4) is 0 Å². The molecule has 1 atom stereocenters. The molecule has 1 saturated heterocycles. The number of piperidine rings is 1. The first-order valence-corrected chi connectivity index (χ1v) is 5.34. The van der Waals surface area contributed by atoms with Gasteiger partial charge in [0.15, 0.2) is 0 Å². The largest absolute Gasteiger partial charge is 0.392 e. The normalized spacial score (nSPS) is 21.9. The van der Waals surface area contributed by atoms with Gasteiger partial charge in [0.25, 0.3) is 0 Å². The molecule has 0 saturated carbocycles. The molecule has 1 aliphatic rings. The Kier molecular flexibility index (Phi) is 7.23. The van der Waals surface area contributed by atoms with E-state index in [4.69, 9.17) is 10.8 Å². The van der Waals surface area contributed by atoms with E-state index in [1.165, 1.54) is 0 Å². The molecule has 3 N–H and O–H groups in total. The third kappa shape index (κ3) is 6.02. The summed E-state index contributed by atoms with van der Waals surface area (Å²) in [4.78, 5) is 2.27. The Bertz CT molecular complexity index is 109. The van der Waals surface area contributed by atoms with Crippen LogP contribution in [0, 0.1) is 0 Å². The summed E-state index contributed by atoms with van der Waals surface area (Å²) >= 11 is 0. The Morgan fingerprint density at radius 1 is 1.38 bits per heavy atom. The minimum absolute atomic E-state index is 0.204. The number of aliphatic hydroxyl groups is 1. The maximum Gasteiger partial charge on any atom is 0.0639 e. The van der Waals surface area contributed by atoms with Gasteiger partial charge >= 0.3 is 0 Å². The van der Waals surface area contributed by atoms with Crippen LogP contribution in [0.4, 0.5) is 0 Å². The molecule has 80 valence electrons. The Morgan fingerprint density at radius 2 is 1.85 bits per heavy atom. The van der Waals surface area contributed by atoms with E-state index in [0.717, 1.165) is 32.5 Å². The lowest BCUT2D eigenvalue weighted by Gasteiger charge is -2.30. The molecule has 1 heterocycles. The van der Waals surface area contributed by atoms with E-state index in [9.17, 15) is 0 Å². The van der Waals surface area contributed by atoms with Gasteiger partial charge < -0.3 is 15.7 Å². The maximum atomic E-state index is 9.10. The van der Waals surface area contributed by atoms with Crippen molar-refractivity contribution in [2.45, 2.75) is 45.8 Å². The molecule has 1 fully saturated rings. The van der Waals surface area contributed by atoms with Gasteiger partial charge in [-0.25, -0.2) is 0 Å². The Labute approximate surface area is 81.9 Å². The summed E-state index contributed by atoms with van der Waals surface area (Å²) in [5, 5.41) is 9.10. The molecule has 1 aliphatic heterocycles. The van der Waals surface area contributed by atoms with E-state index in [2.05, 4.69) is 4.90 Å². The van der Waals surface area contributed by atoms with Gasteiger partial charge in [0.05, 0.1) is 6.10 Å². The van der Waals surface area contributed by atoms with Crippen molar-refractivity contribution in [3.63, 3.8) is 0 Å². The van der Waals surface area contributed by atoms with Crippen LogP contribution in [0.3, 0.4) is 0 Å². The third-order valence-electron chi connectivity index (χ3n) is 2.15. The summed E-state index contributed by atoms with van der Waals surface area (Å²) in [6, 6.07) is 0.389. The molecule has 3 nitrogen and oxygen atoms in total. The molecule has 0 bridgehead atoms. The van der Waals surface area contributed by atoms with Crippen molar-refractivity contribution in [1.29, 1.82) is 0 Å². The first kappa shape index (κ1) is 12.9. The molecule has 0 amide bonds. The molecular formula is C10H24N2O. The summed E-state index contributed by atoms with van der Waals surface area (Å²) in [7, 11) is 0. The van der Waals surface area contributed by atoms with Crippen molar-refractivity contribution < 1.29 is 5.11 Å². The predicted octanol–water partition coefficient (Wildman–Crippen LogP) is 0.816. The number of β-amino-alcohol motifs (C(OH)–C–C–N with tert-alkyl or cyclic N) is 1. The van der Waals surface area contributed by atoms with Gasteiger partial charge in [-0.05, 0) is 32.9 Å². The van der Waals surface area contributed by atoms with Gasteiger partial charge in [0.1, 0.15) is 0 Å². The van der Waals surface area contributed by atoms with Crippen LogP contribution in [-0.4, -0.2) is 41.8 Å². The SMILES string of the molecule is CC.CC(O)CN1CCC(N)CC1. The molecular weight excluding hydrogens is 164 g/mol. The zero-order chi connectivity index (χ0) is 10.3. The first-order chi connectivity index (χ1) is 6.18. The predicted molar refractivity (Wildman–Crippen MR) is 56.7 cm³/mol. The van der Waals surface area contributed by atoms with Crippen molar-refractivity contribution in [2.24, 2.45) is 5.73 Å². The van der Waals surface area contributed by atoms with Crippen LogP contribution in [0.15, 0.2) is 0 Å². The van der Waals surface area contributed by atoms with E-state index in [1.807, 2.05) is 20.8 Å². The monoisotopic (exact) mass is 188 g/mol. The van der Waals surface area contributed by atoms with E-state index in [1.54, 1.807) is 0 Å². The molecule has 0 aromatic carbocycles. The first-order valence-electron chi connectivity index (χ1n) is 5.34. The molecule has 3 heteroatoms. The molecule has 0 aliphatic carbocycles. The highest BCUT2D eigenvalue weighted by Gasteiger charge is 2.16. The topological polar surface area (TPSA) is 49.5 Å². The standard InChI is InChI=1S/C8H18N2O.C2H6/c1-7(11)6-10-4-2-8(9)3-5-10;1-2/h7-8,11H,2-6,9H2,1H3;1-2H3. The Hall–Kier alpha value is -0.120. The van der Waals surface area contributed by atoms with E-state index < -0.39 is 0 Å². The highest BCUT2D eigenvalue weighted by atomic mass is 16.3. The molecule has 0 spiro atoms. The minimum Gasteiger partial charge on any atom is -0.392 e. The van der Waals surface area contributed by atoms with Gasteiger partial charge in [-0.3, -0.25) is 0 Å². The zero-order valence-electron chi connectivity index (χ0n) is 9.16. The van der Waals surface area contributed by atoms with E-state index in [0.29, 0.717) is 6.04 Å². The number of nitrogens with zero attached hydrogens (tertiary/aromatic N) is 1. The lowest BCUT2D eigenvalue weighted by molar-refractivity contribution is 0.110. The van der Waals surface area contributed by atoms with Crippen LogP contribution in [0.25, 0.3) is 0 Å². The summed E-state index contributed by atoms with van der Waals surface area (Å²) in [6.07, 6.45) is 1.95. The lowest BCUT2D eigenvalue weighted by atomic mass is 10.1. The van der Waals surface area contributed by atoms with Crippen molar-refractivity contribution in [1.82, 2.24) is 4.90 Å². The number of hydrogen-bond acceptors (Lipinski definition) is 3. The zero-order valence-corrected chi connectivity index (χ0v) is 9.16. The van der Waals surface area contributed by atoms with Gasteiger partial charge in [0.2, 0.25) is 0 Å². The average molecular weight is 188 g/mol. The quantitative estimate of drug-likeness (QED) is 0.674. The van der Waals surface area contributed by atoms with Crippen molar-refractivity contribution in [2.75, 3.05) is 19.6 Å². The second kappa shape index (κ2) is 7.30. The van der Waals surface area contributed by atoms with Gasteiger partial charge in [0, 0.05) is 12.6 Å². The second-order valence-electron chi connectivity index (χ2n) is 3.49. The summed E-state index contributed by atoms with van der Waals surface area (Å²) in [6.45, 7) is 8.72. The second-order valence-corrected chi connectivity index (χ2v) is 3.49. The molecule has 0 aromatic rings. The van der Waals surface area contributed by atoms with Crippen LogP contribution < -0.4 is 5.73 Å². The summed E-state index contributed by atoms with van der Waals surface area (Å²) in [5.41, 5.74) is 5.74. The Morgan fingerprint density at radius 3 is 2.23 bits per heavy atom. The fourth-order valence-corrected chi connectivity index (χ4v) is 1.51. The number of likely N-dealkylation sites (tertiary alicyclic amines) is 1. The van der Waals surface area contributed by atoms with Crippen LogP contribution in [-0.2, 0) is 0 Å². The van der Waals surface area contributed by atoms with E-state index in [-0.39, 0.29) is 6.10 Å². The summed E-state index contributed by atoms with van der Waals surface area (Å²) < 4.78 is 0. The van der Waals surface area contributed by atoms with E-state index >= 15 is 0 Å². The highest BCUT2D eigenvalue weighted by Crippen LogP contribution is 2.07. The number of aliphatic hydroxyl groups excluding tert-OH is 1. The average Bonchev–Trinajstić information content (AvgIpc) is 2.12. The molecule has 13 heavy (non-hydrogen) atoms. The van der Waals surface area contributed by atoms with Gasteiger partial charge in [-0.15, -0.1) is 0 Å². The highest BCUT2D eigenvalue weighted by molar-refractivity contribution is 4.74. The number of rotatable bonds is 2. The third-order valence-corrected chi connectivity index (χ3v) is 2.15. The fourth-order valence-electron chi connectivity index (χ4n) is 1.51. The van der Waals surface area contributed by atoms with Gasteiger partial charge in [-0.1, -0.05) is 13.8 Å².